The van der Waals surface area contributed by atoms with Crippen molar-refractivity contribution < 1.29 is 41.8 Å². The van der Waals surface area contributed by atoms with Crippen LogP contribution >= 0.6 is 11.3 Å². The Morgan fingerprint density at radius 2 is 1.47 bits per heavy atom. The third kappa shape index (κ3) is 8.88. The molecule has 0 aliphatic carbocycles. The molecule has 4 nitrogen and oxygen atoms in total. The van der Waals surface area contributed by atoms with Crippen LogP contribution in [0.15, 0.2) is 103 Å². The molecule has 8 aromatic rings. The summed E-state index contributed by atoms with van der Waals surface area (Å²) in [7, 11) is 0. The number of rotatable bonds is 7. The maximum Gasteiger partial charge on any atom is 3.00 e. The van der Waals surface area contributed by atoms with E-state index in [1.807, 2.05) is 30.5 Å². The number of hydrogen-bond acceptors (Lipinski definition) is 4. The largest absolute Gasteiger partial charge is 3.00 e. The van der Waals surface area contributed by atoms with Gasteiger partial charge in [-0.25, -0.2) is 4.98 Å². The van der Waals surface area contributed by atoms with Crippen LogP contribution in [0.4, 0.5) is 34.6 Å². The maximum atomic E-state index is 14.7. The van der Waals surface area contributed by atoms with Gasteiger partial charge in [0.1, 0.15) is 10.5 Å². The first-order valence-corrected chi connectivity index (χ1v) is 29.4. The molecule has 1 atom stereocenters. The SMILES string of the molecule is CC(C)c1cccc(C(C)C)c1N1c2c(ccc3ccccc23)[N-]C1c1[c-]ccc2c1sc1nc(C(F)(F)F)ccc12.[2H]C([2H])([2H])c1cc[c-]c(-c2cc(C(C)C)[c]([Ge]([CH3])([CH3])[CH3])cn2)c1F.[Ir+3]. The molecule has 0 fully saturated rings. The van der Waals surface area contributed by atoms with Gasteiger partial charge in [0.25, 0.3) is 0 Å². The number of halogens is 4. The second-order valence-electron chi connectivity index (χ2n) is 18.0. The first-order valence-electron chi connectivity index (χ1n) is 22.7. The summed E-state index contributed by atoms with van der Waals surface area (Å²) in [4.78, 5) is 11.2. The van der Waals surface area contributed by atoms with E-state index < -0.39 is 44.0 Å². The van der Waals surface area contributed by atoms with Crippen molar-refractivity contribution in [1.82, 2.24) is 9.97 Å². The molecule has 5 aromatic carbocycles. The quantitative estimate of drug-likeness (QED) is 0.0907. The van der Waals surface area contributed by atoms with Gasteiger partial charge in [0.2, 0.25) is 0 Å². The molecular weight excluding hydrogens is 1070 g/mol. The van der Waals surface area contributed by atoms with Crippen LogP contribution in [0.3, 0.4) is 0 Å². The molecule has 0 saturated heterocycles. The summed E-state index contributed by atoms with van der Waals surface area (Å²) in [6, 6.07) is 36.3. The zero-order chi connectivity index (χ0) is 47.6. The average molecular weight is 1120 g/mol. The summed E-state index contributed by atoms with van der Waals surface area (Å²) in [5.74, 6) is 6.93. The molecule has 0 radical (unpaired) electrons. The zero-order valence-electron chi connectivity index (χ0n) is 40.2. The molecule has 0 bridgehead atoms. The van der Waals surface area contributed by atoms with E-state index in [1.165, 1.54) is 50.6 Å². The summed E-state index contributed by atoms with van der Waals surface area (Å²) in [5.41, 5.74) is 6.90. The van der Waals surface area contributed by atoms with E-state index in [4.69, 9.17) is 9.43 Å². The van der Waals surface area contributed by atoms with E-state index in [1.54, 1.807) is 0 Å². The number of thiophene rings is 1. The van der Waals surface area contributed by atoms with Crippen molar-refractivity contribution in [2.24, 2.45) is 0 Å². The minimum atomic E-state index is -4.51. The van der Waals surface area contributed by atoms with Gasteiger partial charge in [-0.15, -0.1) is 16.6 Å². The number of para-hydroxylation sites is 1. The summed E-state index contributed by atoms with van der Waals surface area (Å²) < 4.78 is 79.8. The fraction of sp³-hybridized carbons (Fsp3) is 0.283. The smallest absolute Gasteiger partial charge is 3.00 e. The van der Waals surface area contributed by atoms with E-state index in [2.05, 4.69) is 134 Å². The molecular formula is C53H51F4GeIrN4S. The molecule has 1 aliphatic rings. The summed E-state index contributed by atoms with van der Waals surface area (Å²) in [5, 5.41) is 9.11. The molecule has 0 spiro atoms. The van der Waals surface area contributed by atoms with Crippen molar-refractivity contribution in [2.75, 3.05) is 4.90 Å². The number of nitrogens with zero attached hydrogens (tertiary/aromatic N) is 4. The standard InChI is InChI=1S/C35H28F3N3S.C18H23FGeN.Ir/c1-19(2)22-11-7-12-23(20(3)4)30(22)41-31-24-10-6-5-9-21(24)15-17-28(31)39-33(41)27-14-8-13-25-26-16-18-29(35(36,37)38)40-34(26)42-32(25)27;1-12(2)15-10-17(21-11-16(15)20(4,5)6)14-9-7-8-13(3)18(14)19;/h5-13,15-20,33H,1-4H3;7-8,10-12H,1-6H3;/q-2;-1;+3/i;3D3;. The normalized spacial score (nSPS) is 14.9. The molecule has 330 valence electrons. The minimum Gasteiger partial charge on any atom is 3.00 e. The Bertz CT molecular complexity index is 3100. The Morgan fingerprint density at radius 3 is 2.12 bits per heavy atom. The van der Waals surface area contributed by atoms with Crippen molar-refractivity contribution in [3.05, 3.63) is 160 Å². The van der Waals surface area contributed by atoms with E-state index >= 15 is 0 Å². The van der Waals surface area contributed by atoms with Crippen LogP contribution in [-0.2, 0) is 26.3 Å². The minimum absolute atomic E-state index is 0. The van der Waals surface area contributed by atoms with Crippen molar-refractivity contribution in [3.63, 3.8) is 0 Å². The monoisotopic (exact) mass is 1120 g/mol. The third-order valence-electron chi connectivity index (χ3n) is 11.6. The Balaban J connectivity index is 0.000000228. The van der Waals surface area contributed by atoms with Gasteiger partial charge in [-0.1, -0.05) is 93.1 Å². The van der Waals surface area contributed by atoms with Crippen LogP contribution in [0.2, 0.25) is 17.3 Å². The van der Waals surface area contributed by atoms with Gasteiger partial charge in [0, 0.05) is 16.8 Å². The van der Waals surface area contributed by atoms with Crippen molar-refractivity contribution >= 4 is 77.1 Å². The zero-order valence-corrected chi connectivity index (χ0v) is 42.5. The third-order valence-corrected chi connectivity index (χ3v) is 17.1. The Hall–Kier alpha value is -4.61. The van der Waals surface area contributed by atoms with Gasteiger partial charge >= 0.3 is 160 Å². The number of aryl methyl sites for hydroxylation is 1. The average Bonchev–Trinajstić information content (AvgIpc) is 3.84. The Labute approximate surface area is 398 Å². The molecule has 11 heteroatoms. The van der Waals surface area contributed by atoms with Gasteiger partial charge in [0.15, 0.2) is 0 Å². The second kappa shape index (κ2) is 18.3. The number of hydrogen-bond donors (Lipinski definition) is 0. The van der Waals surface area contributed by atoms with Crippen LogP contribution in [0.5, 0.6) is 0 Å². The molecule has 0 N–H and O–H groups in total. The molecule has 9 rings (SSSR count). The van der Waals surface area contributed by atoms with Crippen LogP contribution in [0, 0.1) is 24.8 Å². The predicted octanol–water partition coefficient (Wildman–Crippen LogP) is 16.2. The van der Waals surface area contributed by atoms with E-state index in [-0.39, 0.29) is 43.1 Å². The van der Waals surface area contributed by atoms with Crippen LogP contribution in [0.25, 0.3) is 47.6 Å². The topological polar surface area (TPSA) is 43.1 Å². The molecule has 0 saturated carbocycles. The number of benzene rings is 5. The first kappa shape index (κ1) is 43.3. The maximum absolute atomic E-state index is 14.7. The summed E-state index contributed by atoms with van der Waals surface area (Å²) in [6.45, 7) is 10.5. The number of alkyl halides is 3. The van der Waals surface area contributed by atoms with E-state index in [0.29, 0.717) is 21.8 Å². The van der Waals surface area contributed by atoms with E-state index in [9.17, 15) is 17.6 Å². The molecule has 4 heterocycles. The van der Waals surface area contributed by atoms with Crippen molar-refractivity contribution in [3.8, 4) is 11.3 Å². The number of fused-ring (bicyclic) bond motifs is 6. The van der Waals surface area contributed by atoms with Crippen LogP contribution in [0.1, 0.15) is 103 Å². The fourth-order valence-electron chi connectivity index (χ4n) is 8.50. The summed E-state index contributed by atoms with van der Waals surface area (Å²) >= 11 is -0.823. The van der Waals surface area contributed by atoms with Crippen LogP contribution < -0.4 is 9.30 Å². The number of aromatic nitrogens is 2. The van der Waals surface area contributed by atoms with E-state index in [0.717, 1.165) is 49.6 Å². The van der Waals surface area contributed by atoms with Gasteiger partial charge in [-0.05, 0) is 46.0 Å². The number of pyridine rings is 2. The molecule has 64 heavy (non-hydrogen) atoms. The van der Waals surface area contributed by atoms with Crippen molar-refractivity contribution in [1.29, 1.82) is 0 Å². The molecule has 3 aromatic heterocycles. The first-order chi connectivity index (χ1) is 31.1. The van der Waals surface area contributed by atoms with Gasteiger partial charge in [-0.2, -0.15) is 42.7 Å². The summed E-state index contributed by atoms with van der Waals surface area (Å²) in [6.07, 6.45) is -3.12. The molecule has 1 aliphatic heterocycles. The molecule has 1 unspecified atom stereocenters. The fourth-order valence-corrected chi connectivity index (χ4v) is 13.2. The molecule has 0 amide bonds. The van der Waals surface area contributed by atoms with Gasteiger partial charge in [0.05, 0.1) is 0 Å². The van der Waals surface area contributed by atoms with Gasteiger partial charge in [-0.3, -0.25) is 0 Å². The Kier molecular flexibility index (Phi) is 12.4. The Morgan fingerprint density at radius 1 is 0.781 bits per heavy atom. The van der Waals surface area contributed by atoms with Gasteiger partial charge < -0.3 is 10.2 Å². The number of anilines is 2. The van der Waals surface area contributed by atoms with Crippen LogP contribution in [-0.4, -0.2) is 23.2 Å². The second-order valence-corrected chi connectivity index (χ2v) is 29.6. The predicted molar refractivity (Wildman–Crippen MR) is 258 cm³/mol. The van der Waals surface area contributed by atoms with Crippen molar-refractivity contribution in [2.45, 2.75) is 95.8 Å².